The molecule has 162 valence electrons. The van der Waals surface area contributed by atoms with E-state index < -0.39 is 0 Å². The van der Waals surface area contributed by atoms with Gasteiger partial charge in [0.05, 0.1) is 25.9 Å². The van der Waals surface area contributed by atoms with Crippen molar-refractivity contribution in [3.05, 3.63) is 41.3 Å². The van der Waals surface area contributed by atoms with Crippen LogP contribution in [0.2, 0.25) is 0 Å². The van der Waals surface area contributed by atoms with Gasteiger partial charge in [-0.15, -0.1) is 0 Å². The van der Waals surface area contributed by atoms with Gasteiger partial charge in [-0.1, -0.05) is 0 Å². The highest BCUT2D eigenvalue weighted by atomic mass is 16.5. The minimum atomic E-state index is 0.599. The fraction of sp³-hybridized carbons (Fsp3) is 0.478. The molecule has 3 rings (SSSR count). The monoisotopic (exact) mass is 414 g/mol. The number of nitrogens with one attached hydrogen (secondary N) is 1. The van der Waals surface area contributed by atoms with Crippen molar-refractivity contribution in [2.24, 2.45) is 0 Å². The van der Waals surface area contributed by atoms with Crippen LogP contribution in [0.4, 0.5) is 5.69 Å². The Morgan fingerprint density at radius 2 is 1.87 bits per heavy atom. The fourth-order valence-electron chi connectivity index (χ4n) is 3.33. The van der Waals surface area contributed by atoms with Gasteiger partial charge in [0.25, 0.3) is 0 Å². The summed E-state index contributed by atoms with van der Waals surface area (Å²) in [6, 6.07) is 10.2. The summed E-state index contributed by atoms with van der Waals surface area (Å²) in [6.45, 7) is 9.15. The van der Waals surface area contributed by atoms with Crippen LogP contribution in [-0.2, 0) is 14.2 Å². The lowest BCUT2D eigenvalue weighted by Crippen LogP contribution is -2.32. The number of benzene rings is 2. The van der Waals surface area contributed by atoms with Crippen molar-refractivity contribution in [3.8, 4) is 11.5 Å². The van der Waals surface area contributed by atoms with E-state index in [0.717, 1.165) is 52.3 Å². The van der Waals surface area contributed by atoms with E-state index >= 15 is 0 Å². The van der Waals surface area contributed by atoms with Gasteiger partial charge in [0.2, 0.25) is 5.36 Å². The maximum Gasteiger partial charge on any atom is 0.203 e. The normalized spacial score (nSPS) is 12.5. The predicted molar refractivity (Wildman–Crippen MR) is 119 cm³/mol. The number of anilines is 1. The molecule has 7 nitrogen and oxygen atoms in total. The lowest BCUT2D eigenvalue weighted by Gasteiger charge is -2.12. The minimum absolute atomic E-state index is 0.599. The number of fused-ring (bicyclic) bond motifs is 2. The van der Waals surface area contributed by atoms with Gasteiger partial charge in [0.1, 0.15) is 24.4 Å². The second kappa shape index (κ2) is 11.1. The van der Waals surface area contributed by atoms with E-state index in [9.17, 15) is 0 Å². The second-order valence-electron chi connectivity index (χ2n) is 7.11. The van der Waals surface area contributed by atoms with Crippen molar-refractivity contribution in [3.63, 3.8) is 0 Å². The molecule has 0 spiro atoms. The Morgan fingerprint density at radius 3 is 2.63 bits per heavy atom. The molecule has 0 unspecified atom stereocenters. The fourth-order valence-corrected chi connectivity index (χ4v) is 3.33. The lowest BCUT2D eigenvalue weighted by molar-refractivity contribution is 0.0759. The summed E-state index contributed by atoms with van der Waals surface area (Å²) in [5.41, 5.74) is 4.60. The molecule has 2 aliphatic rings. The number of nitrogens with zero attached hydrogens (tertiary/aromatic N) is 2. The molecule has 1 aromatic rings. The molecule has 0 atom stereocenters. The SMILES string of the molecule is CC/[N+](CCOC)=c1/ccc2nc3cc(C)c(NCCOCCOC)cc3oc-2c1. The molecule has 0 aromatic heterocycles. The third-order valence-corrected chi connectivity index (χ3v) is 5.02. The molecule has 0 fully saturated rings. The highest BCUT2D eigenvalue weighted by molar-refractivity contribution is 5.81. The Morgan fingerprint density at radius 1 is 1.03 bits per heavy atom. The summed E-state index contributed by atoms with van der Waals surface area (Å²) >= 11 is 0. The Labute approximate surface area is 177 Å². The molecule has 30 heavy (non-hydrogen) atoms. The summed E-state index contributed by atoms with van der Waals surface area (Å²) < 4.78 is 24.2. The third-order valence-electron chi connectivity index (χ3n) is 5.02. The number of hydrogen-bond acceptors (Lipinski definition) is 6. The molecule has 1 aromatic carbocycles. The van der Waals surface area contributed by atoms with Gasteiger partial charge >= 0.3 is 0 Å². The van der Waals surface area contributed by atoms with Crippen LogP contribution >= 0.6 is 0 Å². The molecule has 0 amide bonds. The molecule has 7 heteroatoms. The van der Waals surface area contributed by atoms with Gasteiger partial charge in [-0.05, 0) is 31.5 Å². The highest BCUT2D eigenvalue weighted by Crippen LogP contribution is 2.27. The molecular formula is C23H32N3O4+. The number of hydrogen-bond donors (Lipinski definition) is 1. The maximum absolute atomic E-state index is 6.23. The van der Waals surface area contributed by atoms with Crippen LogP contribution in [0.5, 0.6) is 0 Å². The molecule has 1 aliphatic heterocycles. The number of likely N-dealkylation sites (N-methyl/N-ethyl adjacent to an activating group) is 1. The average molecular weight is 415 g/mol. The van der Waals surface area contributed by atoms with E-state index in [-0.39, 0.29) is 0 Å². The highest BCUT2D eigenvalue weighted by Gasteiger charge is 2.13. The standard InChI is InChI=1S/C23H31N3O4/c1-5-26(9-11-27-3)18-6-7-19-22(15-18)30-23-16-20(17(2)14-21(23)25-19)24-8-10-29-13-12-28-4/h6-7,14-16H,5,8-13H2,1-4H3/p+1. The largest absolute Gasteiger partial charge is 0.452 e. The van der Waals surface area contributed by atoms with E-state index in [1.54, 1.807) is 14.2 Å². The predicted octanol–water partition coefficient (Wildman–Crippen LogP) is 2.75. The summed E-state index contributed by atoms with van der Waals surface area (Å²) in [7, 11) is 3.39. The maximum atomic E-state index is 6.23. The zero-order valence-corrected chi connectivity index (χ0v) is 18.4. The molecule has 0 saturated carbocycles. The molecule has 1 N–H and O–H groups in total. The van der Waals surface area contributed by atoms with Crippen molar-refractivity contribution >= 4 is 16.8 Å². The van der Waals surface area contributed by atoms with Crippen LogP contribution in [0.15, 0.2) is 34.7 Å². The van der Waals surface area contributed by atoms with Crippen LogP contribution in [0.25, 0.3) is 22.6 Å². The zero-order chi connectivity index (χ0) is 21.3. The molecule has 1 aliphatic carbocycles. The first kappa shape index (κ1) is 22.2. The van der Waals surface area contributed by atoms with Gasteiger partial charge in [0, 0.05) is 38.6 Å². The van der Waals surface area contributed by atoms with E-state index in [1.807, 2.05) is 12.1 Å². The van der Waals surface area contributed by atoms with E-state index in [2.05, 4.69) is 41.9 Å². The van der Waals surface area contributed by atoms with Gasteiger partial charge in [-0.25, -0.2) is 9.56 Å². The van der Waals surface area contributed by atoms with Crippen LogP contribution < -0.4 is 15.2 Å². The molecule has 1 heterocycles. The number of aryl methyl sites for hydroxylation is 1. The van der Waals surface area contributed by atoms with Crippen LogP contribution in [0.3, 0.4) is 0 Å². The smallest absolute Gasteiger partial charge is 0.203 e. The second-order valence-corrected chi connectivity index (χ2v) is 7.11. The van der Waals surface area contributed by atoms with Crippen LogP contribution in [-0.4, -0.2) is 65.3 Å². The summed E-state index contributed by atoms with van der Waals surface area (Å²) in [6.07, 6.45) is 0. The van der Waals surface area contributed by atoms with E-state index in [4.69, 9.17) is 23.6 Å². The number of ether oxygens (including phenoxy) is 3. The van der Waals surface area contributed by atoms with Crippen molar-refractivity contribution in [1.82, 2.24) is 9.56 Å². The Balaban J connectivity index is 1.87. The van der Waals surface area contributed by atoms with Gasteiger partial charge in [-0.3, -0.25) is 0 Å². The average Bonchev–Trinajstić information content (AvgIpc) is 2.75. The molecule has 0 radical (unpaired) electrons. The third kappa shape index (κ3) is 5.56. The van der Waals surface area contributed by atoms with E-state index in [1.165, 1.54) is 0 Å². The van der Waals surface area contributed by atoms with Crippen molar-refractivity contribution < 1.29 is 18.6 Å². The Bertz CT molecular complexity index is 999. The van der Waals surface area contributed by atoms with Crippen LogP contribution in [0, 0.1) is 6.92 Å². The van der Waals surface area contributed by atoms with Gasteiger partial charge in [-0.2, -0.15) is 0 Å². The first-order valence-corrected chi connectivity index (χ1v) is 10.4. The van der Waals surface area contributed by atoms with E-state index in [0.29, 0.717) is 33.0 Å². The molecular weight excluding hydrogens is 382 g/mol. The first-order chi connectivity index (χ1) is 14.7. The Hall–Kier alpha value is -2.48. The van der Waals surface area contributed by atoms with Crippen molar-refractivity contribution in [2.45, 2.75) is 13.8 Å². The topological polar surface area (TPSA) is 68.8 Å². The summed E-state index contributed by atoms with van der Waals surface area (Å²) in [4.78, 5) is 4.79. The minimum Gasteiger partial charge on any atom is -0.452 e. The number of rotatable bonds is 11. The molecule has 0 saturated heterocycles. The van der Waals surface area contributed by atoms with Crippen molar-refractivity contribution in [1.29, 1.82) is 0 Å². The van der Waals surface area contributed by atoms with Gasteiger partial charge in [0.15, 0.2) is 17.9 Å². The Kier molecular flexibility index (Phi) is 8.19. The lowest BCUT2D eigenvalue weighted by atomic mass is 10.1. The first-order valence-electron chi connectivity index (χ1n) is 10.4. The van der Waals surface area contributed by atoms with Gasteiger partial charge < -0.3 is 23.9 Å². The molecule has 0 bridgehead atoms. The summed E-state index contributed by atoms with van der Waals surface area (Å²) in [5, 5.41) is 4.52. The van der Waals surface area contributed by atoms with Crippen LogP contribution in [0.1, 0.15) is 12.5 Å². The quantitative estimate of drug-likeness (QED) is 0.296. The van der Waals surface area contributed by atoms with Crippen molar-refractivity contribution in [2.75, 3.05) is 65.6 Å². The number of aromatic nitrogens is 1. The zero-order valence-electron chi connectivity index (χ0n) is 18.4. The number of methoxy groups -OCH3 is 2. The summed E-state index contributed by atoms with van der Waals surface area (Å²) in [5.74, 6) is 0.772.